The van der Waals surface area contributed by atoms with E-state index in [4.69, 9.17) is 4.74 Å². The van der Waals surface area contributed by atoms with E-state index in [0.29, 0.717) is 0 Å². The SMILES string of the molecule is CSc1nnc(-c2ccc(F)cc2)n1CCN1CCOCC1. The molecular formula is C15H19FN4OS. The van der Waals surface area contributed by atoms with Crippen molar-refractivity contribution in [3.63, 3.8) is 0 Å². The van der Waals surface area contributed by atoms with Crippen LogP contribution in [-0.4, -0.2) is 58.8 Å². The Morgan fingerprint density at radius 1 is 1.14 bits per heavy atom. The van der Waals surface area contributed by atoms with Gasteiger partial charge < -0.3 is 9.30 Å². The van der Waals surface area contributed by atoms with Gasteiger partial charge in [0.05, 0.1) is 13.2 Å². The summed E-state index contributed by atoms with van der Waals surface area (Å²) in [6, 6.07) is 6.40. The van der Waals surface area contributed by atoms with Gasteiger partial charge in [0.15, 0.2) is 11.0 Å². The maximum Gasteiger partial charge on any atom is 0.191 e. The number of morpholine rings is 1. The van der Waals surface area contributed by atoms with Crippen molar-refractivity contribution in [3.05, 3.63) is 30.1 Å². The van der Waals surface area contributed by atoms with Gasteiger partial charge in [-0.3, -0.25) is 4.90 Å². The van der Waals surface area contributed by atoms with Crippen LogP contribution in [0, 0.1) is 5.82 Å². The first-order valence-electron chi connectivity index (χ1n) is 7.31. The van der Waals surface area contributed by atoms with E-state index in [-0.39, 0.29) is 5.82 Å². The molecule has 0 N–H and O–H groups in total. The minimum absolute atomic E-state index is 0.242. The van der Waals surface area contributed by atoms with E-state index in [0.717, 1.165) is 55.9 Å². The van der Waals surface area contributed by atoms with Crippen LogP contribution >= 0.6 is 11.8 Å². The predicted molar refractivity (Wildman–Crippen MR) is 84.5 cm³/mol. The summed E-state index contributed by atoms with van der Waals surface area (Å²) < 4.78 is 20.6. The molecule has 1 saturated heterocycles. The fourth-order valence-corrected chi connectivity index (χ4v) is 3.04. The molecule has 118 valence electrons. The molecule has 0 amide bonds. The van der Waals surface area contributed by atoms with Gasteiger partial charge in [-0.2, -0.15) is 0 Å². The molecule has 0 atom stereocenters. The summed E-state index contributed by atoms with van der Waals surface area (Å²) in [5, 5.41) is 9.40. The lowest BCUT2D eigenvalue weighted by molar-refractivity contribution is 0.0361. The number of hydrogen-bond acceptors (Lipinski definition) is 5. The van der Waals surface area contributed by atoms with Gasteiger partial charge in [0, 0.05) is 31.7 Å². The molecule has 22 heavy (non-hydrogen) atoms. The van der Waals surface area contributed by atoms with Gasteiger partial charge in [0.2, 0.25) is 0 Å². The smallest absolute Gasteiger partial charge is 0.191 e. The predicted octanol–water partition coefficient (Wildman–Crippen LogP) is 2.14. The van der Waals surface area contributed by atoms with Crippen LogP contribution in [0.4, 0.5) is 4.39 Å². The minimum Gasteiger partial charge on any atom is -0.379 e. The average Bonchev–Trinajstić information content (AvgIpc) is 2.97. The standard InChI is InChI=1S/C15H19FN4OS/c1-22-15-18-17-14(12-2-4-13(16)5-3-12)20(15)7-6-19-8-10-21-11-9-19/h2-5H,6-11H2,1H3. The number of ether oxygens (including phenoxy) is 1. The second kappa shape index (κ2) is 7.21. The molecule has 0 aliphatic carbocycles. The van der Waals surface area contributed by atoms with Crippen molar-refractivity contribution in [2.24, 2.45) is 0 Å². The quantitative estimate of drug-likeness (QED) is 0.789. The number of hydrogen-bond donors (Lipinski definition) is 0. The highest BCUT2D eigenvalue weighted by Crippen LogP contribution is 2.23. The monoisotopic (exact) mass is 322 g/mol. The highest BCUT2D eigenvalue weighted by atomic mass is 32.2. The van der Waals surface area contributed by atoms with Crippen LogP contribution in [-0.2, 0) is 11.3 Å². The Bertz CT molecular complexity index is 611. The minimum atomic E-state index is -0.242. The topological polar surface area (TPSA) is 43.2 Å². The first-order valence-corrected chi connectivity index (χ1v) is 8.53. The lowest BCUT2D eigenvalue weighted by atomic mass is 10.2. The number of thioether (sulfide) groups is 1. The van der Waals surface area contributed by atoms with Gasteiger partial charge in [-0.05, 0) is 30.5 Å². The maximum absolute atomic E-state index is 13.1. The highest BCUT2D eigenvalue weighted by molar-refractivity contribution is 7.98. The number of rotatable bonds is 5. The van der Waals surface area contributed by atoms with E-state index >= 15 is 0 Å². The third-order valence-corrected chi connectivity index (χ3v) is 4.41. The largest absolute Gasteiger partial charge is 0.379 e. The molecule has 2 aromatic rings. The first kappa shape index (κ1) is 15.5. The molecule has 0 radical (unpaired) electrons. The van der Waals surface area contributed by atoms with Crippen LogP contribution in [0.3, 0.4) is 0 Å². The normalized spacial score (nSPS) is 16.1. The lowest BCUT2D eigenvalue weighted by Gasteiger charge is -2.26. The number of nitrogens with zero attached hydrogens (tertiary/aromatic N) is 4. The van der Waals surface area contributed by atoms with Crippen LogP contribution in [0.15, 0.2) is 29.4 Å². The zero-order valence-corrected chi connectivity index (χ0v) is 13.4. The van der Waals surface area contributed by atoms with Crippen LogP contribution in [0.1, 0.15) is 0 Å². The van der Waals surface area contributed by atoms with Gasteiger partial charge in [0.25, 0.3) is 0 Å². The Morgan fingerprint density at radius 3 is 2.55 bits per heavy atom. The molecule has 0 bridgehead atoms. The van der Waals surface area contributed by atoms with E-state index in [1.54, 1.807) is 23.9 Å². The van der Waals surface area contributed by atoms with E-state index in [2.05, 4.69) is 19.7 Å². The van der Waals surface area contributed by atoms with Gasteiger partial charge in [-0.25, -0.2) is 4.39 Å². The molecular weight excluding hydrogens is 303 g/mol. The molecule has 3 rings (SSSR count). The van der Waals surface area contributed by atoms with Crippen molar-refractivity contribution in [1.29, 1.82) is 0 Å². The summed E-state index contributed by atoms with van der Waals surface area (Å²) in [7, 11) is 0. The van der Waals surface area contributed by atoms with E-state index in [9.17, 15) is 4.39 Å². The summed E-state index contributed by atoms with van der Waals surface area (Å²) in [6.45, 7) is 5.26. The molecule has 0 unspecified atom stereocenters. The Kier molecular flexibility index (Phi) is 5.07. The molecule has 0 saturated carbocycles. The zero-order valence-electron chi connectivity index (χ0n) is 12.5. The van der Waals surface area contributed by atoms with Gasteiger partial charge in [-0.1, -0.05) is 11.8 Å². The first-order chi connectivity index (χ1) is 10.8. The van der Waals surface area contributed by atoms with Crippen molar-refractivity contribution in [2.45, 2.75) is 11.7 Å². The Morgan fingerprint density at radius 2 is 1.86 bits per heavy atom. The zero-order chi connectivity index (χ0) is 15.4. The van der Waals surface area contributed by atoms with Gasteiger partial charge in [0.1, 0.15) is 5.82 Å². The molecule has 1 aliphatic heterocycles. The molecule has 1 aromatic carbocycles. The maximum atomic E-state index is 13.1. The fraction of sp³-hybridized carbons (Fsp3) is 0.467. The van der Waals surface area contributed by atoms with Gasteiger partial charge >= 0.3 is 0 Å². The average molecular weight is 322 g/mol. The van der Waals surface area contributed by atoms with Crippen LogP contribution in [0.25, 0.3) is 11.4 Å². The molecule has 1 aromatic heterocycles. The van der Waals surface area contributed by atoms with Crippen molar-refractivity contribution >= 4 is 11.8 Å². The molecule has 5 nitrogen and oxygen atoms in total. The van der Waals surface area contributed by atoms with Crippen LogP contribution in [0.2, 0.25) is 0 Å². The Balaban J connectivity index is 1.79. The molecule has 1 fully saturated rings. The summed E-state index contributed by atoms with van der Waals surface area (Å²) >= 11 is 1.57. The molecule has 0 spiro atoms. The van der Waals surface area contributed by atoms with E-state index in [1.165, 1.54) is 12.1 Å². The molecule has 1 aliphatic rings. The summed E-state index contributed by atoms with van der Waals surface area (Å²) in [5.74, 6) is 0.547. The third-order valence-electron chi connectivity index (χ3n) is 3.75. The van der Waals surface area contributed by atoms with Crippen molar-refractivity contribution in [1.82, 2.24) is 19.7 Å². The second-order valence-electron chi connectivity index (χ2n) is 5.12. The van der Waals surface area contributed by atoms with E-state index < -0.39 is 0 Å². The number of aromatic nitrogens is 3. The van der Waals surface area contributed by atoms with Crippen LogP contribution in [0.5, 0.6) is 0 Å². The summed E-state index contributed by atoms with van der Waals surface area (Å²) in [6.07, 6.45) is 1.99. The fourth-order valence-electron chi connectivity index (χ4n) is 2.52. The van der Waals surface area contributed by atoms with Crippen molar-refractivity contribution in [2.75, 3.05) is 39.1 Å². The summed E-state index contributed by atoms with van der Waals surface area (Å²) in [5.41, 5.74) is 0.885. The molecule has 7 heteroatoms. The van der Waals surface area contributed by atoms with E-state index in [1.807, 2.05) is 6.26 Å². The molecule has 2 heterocycles. The number of halogens is 1. The Labute approximate surface area is 133 Å². The van der Waals surface area contributed by atoms with Crippen molar-refractivity contribution < 1.29 is 9.13 Å². The Hall–Kier alpha value is -1.44. The summed E-state index contributed by atoms with van der Waals surface area (Å²) in [4.78, 5) is 2.38. The highest BCUT2D eigenvalue weighted by Gasteiger charge is 2.16. The lowest BCUT2D eigenvalue weighted by Crippen LogP contribution is -2.38. The van der Waals surface area contributed by atoms with Crippen LogP contribution < -0.4 is 0 Å². The van der Waals surface area contributed by atoms with Crippen molar-refractivity contribution in [3.8, 4) is 11.4 Å². The van der Waals surface area contributed by atoms with Gasteiger partial charge in [-0.15, -0.1) is 10.2 Å². The second-order valence-corrected chi connectivity index (χ2v) is 5.90. The number of benzene rings is 1. The third kappa shape index (κ3) is 3.48.